The highest BCUT2D eigenvalue weighted by atomic mass is 16.2. The van der Waals surface area contributed by atoms with Crippen LogP contribution in [0.25, 0.3) is 0 Å². The van der Waals surface area contributed by atoms with Crippen LogP contribution in [0.3, 0.4) is 0 Å². The van der Waals surface area contributed by atoms with Gasteiger partial charge in [-0.3, -0.25) is 4.79 Å². The second-order valence-electron chi connectivity index (χ2n) is 7.91. The van der Waals surface area contributed by atoms with E-state index < -0.39 is 0 Å². The summed E-state index contributed by atoms with van der Waals surface area (Å²) >= 11 is 0. The second-order valence-corrected chi connectivity index (χ2v) is 7.91. The summed E-state index contributed by atoms with van der Waals surface area (Å²) in [5, 5.41) is 8.38. The molecule has 4 bridgehead atoms. The molecule has 5 nitrogen and oxygen atoms in total. The van der Waals surface area contributed by atoms with E-state index in [-0.39, 0.29) is 11.5 Å². The number of hydrogen-bond donors (Lipinski definition) is 0. The maximum Gasteiger partial charge on any atom is 0.228 e. The van der Waals surface area contributed by atoms with Crippen LogP contribution in [0.2, 0.25) is 0 Å². The fourth-order valence-corrected chi connectivity index (χ4v) is 5.89. The number of amides is 1. The van der Waals surface area contributed by atoms with Crippen molar-refractivity contribution < 1.29 is 4.79 Å². The average molecular weight is 286 g/mol. The van der Waals surface area contributed by atoms with E-state index in [0.29, 0.717) is 5.91 Å². The van der Waals surface area contributed by atoms with Gasteiger partial charge in [-0.15, -0.1) is 0 Å². The molecule has 4 aliphatic carbocycles. The Kier molecular flexibility index (Phi) is 2.37. The summed E-state index contributed by atoms with van der Waals surface area (Å²) in [7, 11) is 0. The smallest absolute Gasteiger partial charge is 0.228 e. The number of carbonyl (C=O) groups excluding carboxylic acids is 1. The van der Waals surface area contributed by atoms with Crippen molar-refractivity contribution in [3.05, 3.63) is 12.4 Å². The molecule has 1 aromatic heterocycles. The third-order valence-corrected chi connectivity index (χ3v) is 6.40. The number of hydrogen-bond acceptors (Lipinski definition) is 3. The van der Waals surface area contributed by atoms with Gasteiger partial charge in [0.1, 0.15) is 6.04 Å². The summed E-state index contributed by atoms with van der Waals surface area (Å²) in [6, 6.07) is 0.290. The molecule has 1 aromatic rings. The fraction of sp³-hybridized carbons (Fsp3) is 0.812. The molecule has 0 aromatic carbocycles. The minimum Gasteiger partial charge on any atom is -0.338 e. The molecular weight excluding hydrogens is 264 g/mol. The average Bonchev–Trinajstić information content (AvgIpc) is 2.89. The first-order chi connectivity index (χ1) is 10.2. The highest BCUT2D eigenvalue weighted by molar-refractivity contribution is 5.84. The Morgan fingerprint density at radius 2 is 1.48 bits per heavy atom. The summed E-state index contributed by atoms with van der Waals surface area (Å²) in [6.07, 6.45) is 11.1. The summed E-state index contributed by atoms with van der Waals surface area (Å²) in [5.74, 6) is 2.96. The molecule has 112 valence electrons. The molecule has 5 fully saturated rings. The number of rotatable bonds is 2. The van der Waals surface area contributed by atoms with Crippen molar-refractivity contribution in [2.45, 2.75) is 44.6 Å². The minimum atomic E-state index is 0.0112. The first-order valence-corrected chi connectivity index (χ1v) is 8.37. The van der Waals surface area contributed by atoms with Crippen molar-refractivity contribution in [2.24, 2.45) is 23.2 Å². The lowest BCUT2D eigenvalue weighted by molar-refractivity contribution is -0.164. The van der Waals surface area contributed by atoms with Crippen molar-refractivity contribution in [3.63, 3.8) is 0 Å². The quantitative estimate of drug-likeness (QED) is 0.834. The largest absolute Gasteiger partial charge is 0.338 e. The Morgan fingerprint density at radius 1 is 0.952 bits per heavy atom. The van der Waals surface area contributed by atoms with E-state index in [9.17, 15) is 4.79 Å². The van der Waals surface area contributed by atoms with Crippen LogP contribution in [0.5, 0.6) is 0 Å². The molecule has 1 amide bonds. The van der Waals surface area contributed by atoms with Crippen LogP contribution in [-0.2, 0) is 4.79 Å². The standard InChI is InChI=1S/C16H22N4O/c21-15(19-9-14(10-19)20-17-1-2-18-20)16-6-11-3-12(7-16)5-13(4-11)8-16/h1-2,11-14H,3-10H2. The van der Waals surface area contributed by atoms with Gasteiger partial charge in [0.2, 0.25) is 5.91 Å². The minimum absolute atomic E-state index is 0.0112. The van der Waals surface area contributed by atoms with Gasteiger partial charge >= 0.3 is 0 Å². The van der Waals surface area contributed by atoms with Gasteiger partial charge in [-0.2, -0.15) is 15.0 Å². The van der Waals surface area contributed by atoms with Crippen molar-refractivity contribution in [3.8, 4) is 0 Å². The molecule has 1 aliphatic heterocycles. The third-order valence-electron chi connectivity index (χ3n) is 6.40. The van der Waals surface area contributed by atoms with Crippen LogP contribution < -0.4 is 0 Å². The van der Waals surface area contributed by atoms with Crippen LogP contribution in [0.1, 0.15) is 44.6 Å². The lowest BCUT2D eigenvalue weighted by Gasteiger charge is -2.57. The predicted molar refractivity (Wildman–Crippen MR) is 76.2 cm³/mol. The molecule has 5 heteroatoms. The van der Waals surface area contributed by atoms with E-state index in [2.05, 4.69) is 15.1 Å². The van der Waals surface area contributed by atoms with E-state index in [1.807, 2.05) is 0 Å². The molecular formula is C16H22N4O. The molecule has 0 spiro atoms. The van der Waals surface area contributed by atoms with E-state index in [1.165, 1.54) is 38.5 Å². The zero-order chi connectivity index (χ0) is 14.0. The number of nitrogens with zero attached hydrogens (tertiary/aromatic N) is 4. The summed E-state index contributed by atoms with van der Waals surface area (Å²) in [4.78, 5) is 16.9. The summed E-state index contributed by atoms with van der Waals surface area (Å²) in [6.45, 7) is 1.60. The monoisotopic (exact) mass is 286 g/mol. The molecule has 21 heavy (non-hydrogen) atoms. The van der Waals surface area contributed by atoms with Gasteiger partial charge in [0, 0.05) is 13.1 Å². The van der Waals surface area contributed by atoms with E-state index in [1.54, 1.807) is 17.2 Å². The molecule has 4 saturated carbocycles. The third kappa shape index (κ3) is 1.72. The van der Waals surface area contributed by atoms with Crippen molar-refractivity contribution in [2.75, 3.05) is 13.1 Å². The second kappa shape index (κ2) is 4.08. The molecule has 5 aliphatic rings. The van der Waals surface area contributed by atoms with Crippen LogP contribution >= 0.6 is 0 Å². The highest BCUT2D eigenvalue weighted by Gasteiger charge is 2.56. The summed E-state index contributed by atoms with van der Waals surface area (Å²) < 4.78 is 0. The SMILES string of the molecule is O=C(N1CC(n2nccn2)C1)C12CC3CC(CC(C3)C1)C2. The molecule has 6 rings (SSSR count). The molecule has 0 atom stereocenters. The van der Waals surface area contributed by atoms with Crippen molar-refractivity contribution >= 4 is 5.91 Å². The van der Waals surface area contributed by atoms with Gasteiger partial charge < -0.3 is 4.90 Å². The first kappa shape index (κ1) is 12.2. The summed E-state index contributed by atoms with van der Waals surface area (Å²) in [5.41, 5.74) is 0.0112. The van der Waals surface area contributed by atoms with Gasteiger partial charge in [-0.05, 0) is 56.3 Å². The van der Waals surface area contributed by atoms with Gasteiger partial charge in [-0.1, -0.05) is 0 Å². The fourth-order valence-electron chi connectivity index (χ4n) is 5.89. The first-order valence-electron chi connectivity index (χ1n) is 8.37. The van der Waals surface area contributed by atoms with Gasteiger partial charge in [0.15, 0.2) is 0 Å². The van der Waals surface area contributed by atoms with Crippen LogP contribution in [0, 0.1) is 23.2 Å². The normalized spacial score (nSPS) is 41.3. The van der Waals surface area contributed by atoms with Gasteiger partial charge in [0.25, 0.3) is 0 Å². The van der Waals surface area contributed by atoms with Gasteiger partial charge in [-0.25, -0.2) is 0 Å². The molecule has 2 heterocycles. The lowest BCUT2D eigenvalue weighted by Crippen LogP contribution is -2.60. The number of likely N-dealkylation sites (tertiary alicyclic amines) is 1. The van der Waals surface area contributed by atoms with Crippen LogP contribution in [-0.4, -0.2) is 38.9 Å². The zero-order valence-electron chi connectivity index (χ0n) is 12.3. The van der Waals surface area contributed by atoms with Crippen molar-refractivity contribution in [1.82, 2.24) is 19.9 Å². The molecule has 1 saturated heterocycles. The topological polar surface area (TPSA) is 51.0 Å². The van der Waals surface area contributed by atoms with E-state index in [0.717, 1.165) is 30.8 Å². The molecule has 0 N–H and O–H groups in total. The van der Waals surface area contributed by atoms with Crippen LogP contribution in [0.15, 0.2) is 12.4 Å². The maximum atomic E-state index is 13.1. The molecule has 0 radical (unpaired) electrons. The van der Waals surface area contributed by atoms with Crippen molar-refractivity contribution in [1.29, 1.82) is 0 Å². The Labute approximate surface area is 124 Å². The number of carbonyl (C=O) groups is 1. The Hall–Kier alpha value is -1.39. The highest BCUT2D eigenvalue weighted by Crippen LogP contribution is 2.60. The zero-order valence-corrected chi connectivity index (χ0v) is 12.3. The molecule has 0 unspecified atom stereocenters. The van der Waals surface area contributed by atoms with E-state index in [4.69, 9.17) is 0 Å². The van der Waals surface area contributed by atoms with Gasteiger partial charge in [0.05, 0.1) is 17.8 Å². The Balaban J connectivity index is 1.32. The maximum absolute atomic E-state index is 13.1. The predicted octanol–water partition coefficient (Wildman–Crippen LogP) is 1.88. The number of aromatic nitrogens is 3. The van der Waals surface area contributed by atoms with Crippen LogP contribution in [0.4, 0.5) is 0 Å². The Bertz CT molecular complexity index is 526. The van der Waals surface area contributed by atoms with E-state index >= 15 is 0 Å². The Morgan fingerprint density at radius 3 is 2.00 bits per heavy atom. The lowest BCUT2D eigenvalue weighted by atomic mass is 9.49.